The van der Waals surface area contributed by atoms with Gasteiger partial charge in [0, 0.05) is 120 Å². The molecule has 4 aromatic rings. The van der Waals surface area contributed by atoms with E-state index in [1.165, 1.54) is 76.5 Å². The normalized spacial score (nSPS) is 22.5. The van der Waals surface area contributed by atoms with E-state index < -0.39 is 51.8 Å². The number of urea groups is 2. The molecule has 12 rings (SSSR count). The quantitative estimate of drug-likeness (QED) is 0.0610. The molecule has 2 unspecified atom stereocenters. The summed E-state index contributed by atoms with van der Waals surface area (Å²) < 4.78 is 8.34. The van der Waals surface area contributed by atoms with Gasteiger partial charge in [-0.1, -0.05) is 12.1 Å². The molecule has 0 spiro atoms. The van der Waals surface area contributed by atoms with Crippen LogP contribution in [0, 0.1) is 11.8 Å². The van der Waals surface area contributed by atoms with Crippen molar-refractivity contribution < 1.29 is 38.6 Å². The zero-order chi connectivity index (χ0) is 73.2. The van der Waals surface area contributed by atoms with E-state index in [1.54, 1.807) is 97.5 Å². The minimum absolute atomic E-state index is 0. The highest BCUT2D eigenvalue weighted by Gasteiger charge is 2.42. The molecule has 2 saturated heterocycles. The van der Waals surface area contributed by atoms with Gasteiger partial charge in [-0.3, -0.25) is 39.2 Å². The summed E-state index contributed by atoms with van der Waals surface area (Å²) in [4.78, 5) is 125. The molecule has 8 amide bonds. The van der Waals surface area contributed by atoms with Crippen molar-refractivity contribution in [3.8, 4) is 11.4 Å². The SMILES string of the molecule is CC(C)(C)OC(=O)NC(C)(C)C(=O)N1CCN(C(=O)Nc2ccn(-c3ccc4c(c3)CCC(N(CC3CC3)C3CCC(N(C(=O)O)C(C)(C)C)CC3)C4)c(=O)n2)CC1.CC(C)(N)C(=O)N1CCN(C(=O)Nc2ccn(-c3ccc4c(c3)CCC(N(CC3CC3)C3CCC(N)CC3)C4)c(=O)n2)CC1.Cl. The zero-order valence-electron chi connectivity index (χ0n) is 62.3. The number of benzene rings is 2. The first kappa shape index (κ1) is 78.0. The number of hydrogen-bond donors (Lipinski definition) is 6. The van der Waals surface area contributed by atoms with E-state index in [0.717, 1.165) is 107 Å². The Hall–Kier alpha value is -7.65. The van der Waals surface area contributed by atoms with Crippen molar-refractivity contribution in [1.82, 2.24) is 58.7 Å². The molecule has 27 heteroatoms. The molecule has 4 heterocycles. The maximum atomic E-state index is 13.3. The number of alkyl carbamates (subject to hydrolysis) is 1. The number of aryl methyl sites for hydroxylation is 2. The van der Waals surface area contributed by atoms with Gasteiger partial charge in [0.25, 0.3) is 0 Å². The highest BCUT2D eigenvalue weighted by molar-refractivity contribution is 5.91. The van der Waals surface area contributed by atoms with Gasteiger partial charge in [-0.25, -0.2) is 28.8 Å². The van der Waals surface area contributed by atoms with Gasteiger partial charge in [0.1, 0.15) is 22.8 Å². The van der Waals surface area contributed by atoms with Gasteiger partial charge in [0.05, 0.1) is 16.9 Å². The highest BCUT2D eigenvalue weighted by Crippen LogP contribution is 2.40. The fourth-order valence-electron chi connectivity index (χ4n) is 16.1. The van der Waals surface area contributed by atoms with Gasteiger partial charge in [0.2, 0.25) is 11.8 Å². The van der Waals surface area contributed by atoms with E-state index in [9.17, 15) is 43.5 Å². The van der Waals surface area contributed by atoms with E-state index in [-0.39, 0.29) is 74.1 Å². The number of amides is 8. The predicted octanol–water partition coefficient (Wildman–Crippen LogP) is 8.78. The third-order valence-electron chi connectivity index (χ3n) is 21.9. The Morgan fingerprint density at radius 3 is 1.30 bits per heavy atom. The number of fused-ring (bicyclic) bond motifs is 2. The molecule has 0 radical (unpaired) electrons. The summed E-state index contributed by atoms with van der Waals surface area (Å²) in [5, 5.41) is 18.1. The number of nitrogens with zero attached hydrogens (tertiary/aromatic N) is 11. The lowest BCUT2D eigenvalue weighted by molar-refractivity contribution is -0.138. The highest BCUT2D eigenvalue weighted by atomic mass is 35.5. The van der Waals surface area contributed by atoms with Crippen molar-refractivity contribution in [2.75, 3.05) is 76.1 Å². The van der Waals surface area contributed by atoms with Crippen molar-refractivity contribution >= 4 is 60.1 Å². The number of halogens is 1. The molecular weight excluding hydrogens is 1330 g/mol. The second kappa shape index (κ2) is 32.4. The second-order valence-corrected chi connectivity index (χ2v) is 33.2. The number of carbonyl (C=O) groups is 6. The first-order chi connectivity index (χ1) is 48.2. The minimum atomic E-state index is -1.19. The lowest BCUT2D eigenvalue weighted by Crippen LogP contribution is -2.60. The summed E-state index contributed by atoms with van der Waals surface area (Å²) in [6, 6.07) is 17.6. The molecule has 2 atom stereocenters. The van der Waals surface area contributed by atoms with Gasteiger partial charge in [0.15, 0.2) is 0 Å². The van der Waals surface area contributed by atoms with Crippen LogP contribution >= 0.6 is 12.4 Å². The summed E-state index contributed by atoms with van der Waals surface area (Å²) in [6.07, 6.45) is 21.7. The number of aromatic nitrogens is 4. The molecule has 103 heavy (non-hydrogen) atoms. The molecule has 6 fully saturated rings. The van der Waals surface area contributed by atoms with Crippen molar-refractivity contribution in [3.05, 3.63) is 104 Å². The average Bonchev–Trinajstić information content (AvgIpc) is 1.56. The molecule has 564 valence electrons. The Morgan fingerprint density at radius 1 is 0.524 bits per heavy atom. The van der Waals surface area contributed by atoms with Crippen LogP contribution in [0.25, 0.3) is 11.4 Å². The van der Waals surface area contributed by atoms with Gasteiger partial charge >= 0.3 is 35.6 Å². The standard InChI is InChI=1S/C43H64N8O7.C33H48N8O3.ClH/c1-41(2,3)51(40(56)57)32-17-15-31(16-18-32)50(27-28-9-10-28)34-14-12-29-25-33(13-11-30(29)26-34)49-20-19-35(45-38(49)54)44-37(53)48-23-21-47(22-24-48)36(52)43(7,8)46-39(55)58-42(4,5)6;1-33(2,35)30(42)38-15-17-39(18-16-38)31(43)36-29-13-14-40(32(44)37-29)27-9-5-24-20-28(10-6-23(24)19-27)41(21-22-3-4-22)26-11-7-25(34)8-12-26;/h11,13,19-20,25,28,31-32,34H,9-10,12,14-18,21-24,26-27H2,1-8H3,(H,46,55)(H,56,57)(H,44,45,53,54);5,9,13-14,19,22,25-26,28H,3-4,6-8,10-12,15-18,20-21,34-35H2,1-2H3,(H,36,37,43,44);1H. The molecule has 0 bridgehead atoms. The van der Waals surface area contributed by atoms with Crippen LogP contribution in [0.5, 0.6) is 0 Å². The number of carbonyl (C=O) groups excluding carboxylic acids is 5. The lowest BCUT2D eigenvalue weighted by Gasteiger charge is -2.47. The van der Waals surface area contributed by atoms with Crippen LogP contribution in [-0.4, -0.2) is 218 Å². The Bertz CT molecular complexity index is 3800. The number of anilines is 2. The van der Waals surface area contributed by atoms with Crippen molar-refractivity contribution in [2.45, 2.75) is 243 Å². The van der Waals surface area contributed by atoms with Crippen molar-refractivity contribution in [3.63, 3.8) is 0 Å². The summed E-state index contributed by atoms with van der Waals surface area (Å²) in [6.45, 7) is 22.8. The van der Waals surface area contributed by atoms with Gasteiger partial charge in [-0.05, 0) is 255 Å². The number of piperazine rings is 2. The minimum Gasteiger partial charge on any atom is -0.465 e. The van der Waals surface area contributed by atoms with Crippen LogP contribution in [0.15, 0.2) is 70.5 Å². The molecule has 2 aromatic heterocycles. The van der Waals surface area contributed by atoms with Crippen LogP contribution in [0.2, 0.25) is 0 Å². The van der Waals surface area contributed by atoms with Crippen molar-refractivity contribution in [1.29, 1.82) is 0 Å². The smallest absolute Gasteiger partial charge is 0.408 e. The third kappa shape index (κ3) is 20.0. The van der Waals surface area contributed by atoms with Gasteiger partial charge in [-0.2, -0.15) is 9.97 Å². The predicted molar refractivity (Wildman–Crippen MR) is 399 cm³/mol. The molecule has 26 nitrogen and oxygen atoms in total. The Balaban J connectivity index is 0.000000227. The summed E-state index contributed by atoms with van der Waals surface area (Å²) in [7, 11) is 0. The van der Waals surface area contributed by atoms with Crippen LogP contribution in [0.1, 0.15) is 181 Å². The first-order valence-electron chi connectivity index (χ1n) is 37.5. The molecule has 4 saturated carbocycles. The molecule has 2 aliphatic heterocycles. The number of rotatable bonds is 16. The average molecular weight is 1450 g/mol. The fourth-order valence-corrected chi connectivity index (χ4v) is 16.1. The monoisotopic (exact) mass is 1440 g/mol. The summed E-state index contributed by atoms with van der Waals surface area (Å²) in [5.74, 6) is 1.57. The molecule has 6 aliphatic carbocycles. The van der Waals surface area contributed by atoms with Crippen LogP contribution in [0.3, 0.4) is 0 Å². The van der Waals surface area contributed by atoms with Gasteiger partial charge in [-0.15, -0.1) is 12.4 Å². The molecule has 8 aliphatic rings. The topological polar surface area (TPSA) is 312 Å². The Morgan fingerprint density at radius 2 is 0.922 bits per heavy atom. The molecule has 2 aromatic carbocycles. The second-order valence-electron chi connectivity index (χ2n) is 33.2. The number of ether oxygens (including phenoxy) is 1. The number of nitrogens with two attached hydrogens (primary N) is 2. The largest absolute Gasteiger partial charge is 0.465 e. The van der Waals surface area contributed by atoms with Crippen LogP contribution in [0.4, 0.5) is 30.8 Å². The number of carboxylic acid groups (broad SMARTS) is 1. The maximum absolute atomic E-state index is 13.3. The number of nitrogens with one attached hydrogen (secondary N) is 3. The van der Waals surface area contributed by atoms with Crippen LogP contribution < -0.4 is 38.8 Å². The Labute approximate surface area is 612 Å². The third-order valence-corrected chi connectivity index (χ3v) is 21.9. The fraction of sp³-hybridized carbons (Fsp3) is 0.658. The number of hydrogen-bond acceptors (Lipinski definition) is 15. The lowest BCUT2D eigenvalue weighted by atomic mass is 9.83. The first-order valence-corrected chi connectivity index (χ1v) is 37.5. The zero-order valence-corrected chi connectivity index (χ0v) is 63.1. The van der Waals surface area contributed by atoms with E-state index in [4.69, 9.17) is 16.2 Å². The van der Waals surface area contributed by atoms with Crippen LogP contribution in [-0.2, 0) is 40.0 Å². The van der Waals surface area contributed by atoms with Crippen molar-refractivity contribution in [2.24, 2.45) is 23.3 Å². The van der Waals surface area contributed by atoms with Gasteiger partial charge < -0.3 is 51.1 Å². The Kier molecular flexibility index (Phi) is 24.5. The summed E-state index contributed by atoms with van der Waals surface area (Å²) in [5.41, 5.74) is 14.7. The van der Waals surface area contributed by atoms with E-state index >= 15 is 0 Å². The molecular formula is C76H113ClN16O10. The summed E-state index contributed by atoms with van der Waals surface area (Å²) >= 11 is 0. The maximum Gasteiger partial charge on any atom is 0.408 e. The van der Waals surface area contributed by atoms with E-state index in [1.807, 2.05) is 32.9 Å². The van der Waals surface area contributed by atoms with E-state index in [2.05, 4.69) is 60.0 Å². The van der Waals surface area contributed by atoms with E-state index in [0.29, 0.717) is 56.4 Å². The molecule has 8 N–H and O–H groups in total.